The Balaban J connectivity index is 1.49. The number of carbonyl (C=O) groups excluding carboxylic acids is 1. The van der Waals surface area contributed by atoms with Crippen LogP contribution >= 0.6 is 11.6 Å². The van der Waals surface area contributed by atoms with Crippen molar-refractivity contribution < 1.29 is 9.90 Å². The van der Waals surface area contributed by atoms with E-state index in [0.29, 0.717) is 59.6 Å². The third-order valence-electron chi connectivity index (χ3n) is 6.97. The Bertz CT molecular complexity index is 1560. The second-order valence-electron chi connectivity index (χ2n) is 11.3. The van der Waals surface area contributed by atoms with E-state index in [2.05, 4.69) is 37.8 Å². The standard InChI is InChI=1S/C27H32ClN11O2/c1-27(2,41)15-38-8-7-37(14-21(38)25(40)36(3)4)20-10-16(11-29)9-19(22(20)28)33-26-34-23(32-17-5-6-17)24-31-13-18(12-30)39(24)35-26/h9-10,13,17,21,41H,5-8,14-15H2,1-4H3,(H2,32,33,34,35). The summed E-state index contributed by atoms with van der Waals surface area (Å²) in [6.07, 6.45) is 3.48. The molecule has 0 bridgehead atoms. The molecule has 1 aliphatic heterocycles. The number of hydrogen-bond donors (Lipinski definition) is 3. The fourth-order valence-electron chi connectivity index (χ4n) is 4.90. The maximum absolute atomic E-state index is 13.2. The molecule has 1 saturated carbocycles. The molecule has 13 nitrogen and oxygen atoms in total. The maximum Gasteiger partial charge on any atom is 0.247 e. The number of amides is 1. The number of benzene rings is 1. The summed E-state index contributed by atoms with van der Waals surface area (Å²) in [7, 11) is 3.41. The van der Waals surface area contributed by atoms with E-state index in [1.807, 2.05) is 9.80 Å². The largest absolute Gasteiger partial charge is 0.389 e. The monoisotopic (exact) mass is 577 g/mol. The Morgan fingerprint density at radius 2 is 2.00 bits per heavy atom. The lowest BCUT2D eigenvalue weighted by Crippen LogP contribution is -2.61. The van der Waals surface area contributed by atoms with Gasteiger partial charge in [-0.05, 0) is 38.8 Å². The van der Waals surface area contributed by atoms with E-state index in [1.165, 1.54) is 15.6 Å². The predicted molar refractivity (Wildman–Crippen MR) is 154 cm³/mol. The normalized spacial score (nSPS) is 17.7. The van der Waals surface area contributed by atoms with Crippen molar-refractivity contribution in [2.45, 2.75) is 44.4 Å². The minimum absolute atomic E-state index is 0.0871. The highest BCUT2D eigenvalue weighted by Crippen LogP contribution is 2.37. The fraction of sp³-hybridized carbons (Fsp3) is 0.481. The van der Waals surface area contributed by atoms with Gasteiger partial charge in [0.2, 0.25) is 11.9 Å². The van der Waals surface area contributed by atoms with Crippen LogP contribution in [0.25, 0.3) is 5.65 Å². The summed E-state index contributed by atoms with van der Waals surface area (Å²) < 4.78 is 1.42. The number of nitriles is 2. The molecular weight excluding hydrogens is 546 g/mol. The number of fused-ring (bicyclic) bond motifs is 1. The van der Waals surface area contributed by atoms with Crippen LogP contribution in [-0.4, -0.2) is 98.4 Å². The molecule has 1 unspecified atom stereocenters. The summed E-state index contributed by atoms with van der Waals surface area (Å²) in [5.41, 5.74) is 1.08. The molecule has 41 heavy (non-hydrogen) atoms. The number of halogens is 1. The molecule has 2 aromatic heterocycles. The molecule has 2 aliphatic rings. The van der Waals surface area contributed by atoms with Gasteiger partial charge in [-0.2, -0.15) is 20.0 Å². The van der Waals surface area contributed by atoms with Crippen LogP contribution in [0.15, 0.2) is 18.3 Å². The Morgan fingerprint density at radius 1 is 1.24 bits per heavy atom. The van der Waals surface area contributed by atoms with Crippen LogP contribution in [0.2, 0.25) is 5.02 Å². The topological polar surface area (TPSA) is 162 Å². The zero-order valence-electron chi connectivity index (χ0n) is 23.4. The van der Waals surface area contributed by atoms with Gasteiger partial charge in [-0.15, -0.1) is 5.10 Å². The van der Waals surface area contributed by atoms with Gasteiger partial charge in [0.05, 0.1) is 39.8 Å². The molecule has 0 radical (unpaired) electrons. The third kappa shape index (κ3) is 6.12. The first kappa shape index (κ1) is 28.4. The first-order valence-corrected chi connectivity index (χ1v) is 13.7. The minimum Gasteiger partial charge on any atom is -0.389 e. The molecule has 2 fully saturated rings. The van der Waals surface area contributed by atoms with Crippen LogP contribution in [0.4, 0.5) is 23.1 Å². The first-order valence-electron chi connectivity index (χ1n) is 13.3. The molecule has 1 amide bonds. The Kier molecular flexibility index (Phi) is 7.62. The second-order valence-corrected chi connectivity index (χ2v) is 11.6. The molecule has 3 heterocycles. The predicted octanol–water partition coefficient (Wildman–Crippen LogP) is 2.19. The molecule has 214 valence electrons. The van der Waals surface area contributed by atoms with Gasteiger partial charge in [0.15, 0.2) is 17.2 Å². The number of imidazole rings is 1. The summed E-state index contributed by atoms with van der Waals surface area (Å²) in [4.78, 5) is 27.6. The molecule has 14 heteroatoms. The molecule has 1 atom stereocenters. The molecular formula is C27H32ClN11O2. The smallest absolute Gasteiger partial charge is 0.247 e. The second kappa shape index (κ2) is 11.0. The molecule has 1 aliphatic carbocycles. The summed E-state index contributed by atoms with van der Waals surface area (Å²) in [5.74, 6) is 0.580. The van der Waals surface area contributed by atoms with Crippen LogP contribution in [0.1, 0.15) is 37.9 Å². The van der Waals surface area contributed by atoms with Crippen molar-refractivity contribution in [2.24, 2.45) is 0 Å². The van der Waals surface area contributed by atoms with Crippen molar-refractivity contribution in [1.82, 2.24) is 29.4 Å². The number of aliphatic hydroxyl groups is 1. The van der Waals surface area contributed by atoms with Gasteiger partial charge in [-0.3, -0.25) is 9.69 Å². The number of nitrogens with zero attached hydrogens (tertiary/aromatic N) is 9. The van der Waals surface area contributed by atoms with Crippen molar-refractivity contribution in [3.8, 4) is 12.1 Å². The van der Waals surface area contributed by atoms with Gasteiger partial charge in [0.1, 0.15) is 12.1 Å². The van der Waals surface area contributed by atoms with Crippen molar-refractivity contribution in [3.63, 3.8) is 0 Å². The Hall–Kier alpha value is -4.17. The van der Waals surface area contributed by atoms with Crippen LogP contribution < -0.4 is 15.5 Å². The van der Waals surface area contributed by atoms with Gasteiger partial charge in [0.25, 0.3) is 0 Å². The van der Waals surface area contributed by atoms with Crippen molar-refractivity contribution in [3.05, 3.63) is 34.6 Å². The van der Waals surface area contributed by atoms with Crippen molar-refractivity contribution in [2.75, 3.05) is 55.8 Å². The van der Waals surface area contributed by atoms with Gasteiger partial charge in [-0.25, -0.2) is 4.98 Å². The van der Waals surface area contributed by atoms with E-state index in [1.54, 1.807) is 40.1 Å². The molecule has 1 saturated heterocycles. The van der Waals surface area contributed by atoms with E-state index in [0.717, 1.165) is 12.8 Å². The van der Waals surface area contributed by atoms with Crippen LogP contribution in [0.5, 0.6) is 0 Å². The maximum atomic E-state index is 13.2. The van der Waals surface area contributed by atoms with E-state index in [9.17, 15) is 20.4 Å². The molecule has 3 N–H and O–H groups in total. The number of aromatic nitrogens is 4. The summed E-state index contributed by atoms with van der Waals surface area (Å²) in [6, 6.07) is 7.35. The van der Waals surface area contributed by atoms with Gasteiger partial charge in [-0.1, -0.05) is 11.6 Å². The Labute approximate surface area is 242 Å². The lowest BCUT2D eigenvalue weighted by molar-refractivity contribution is -0.135. The first-order chi connectivity index (χ1) is 19.5. The lowest BCUT2D eigenvalue weighted by atomic mass is 10.0. The molecule has 0 spiro atoms. The highest BCUT2D eigenvalue weighted by molar-refractivity contribution is 6.36. The van der Waals surface area contributed by atoms with Crippen molar-refractivity contribution in [1.29, 1.82) is 10.5 Å². The fourth-order valence-corrected chi connectivity index (χ4v) is 5.18. The zero-order chi connectivity index (χ0) is 29.5. The van der Waals surface area contributed by atoms with E-state index in [-0.39, 0.29) is 23.6 Å². The summed E-state index contributed by atoms with van der Waals surface area (Å²) in [5, 5.41) is 41.1. The van der Waals surface area contributed by atoms with E-state index in [4.69, 9.17) is 11.6 Å². The highest BCUT2D eigenvalue weighted by Gasteiger charge is 2.36. The number of piperazine rings is 1. The van der Waals surface area contributed by atoms with Gasteiger partial charge >= 0.3 is 0 Å². The minimum atomic E-state index is -0.975. The number of nitrogens with one attached hydrogen (secondary N) is 2. The molecule has 1 aromatic carbocycles. The average molecular weight is 578 g/mol. The van der Waals surface area contributed by atoms with Crippen LogP contribution in [0, 0.1) is 22.7 Å². The number of hydrogen-bond acceptors (Lipinski definition) is 11. The Morgan fingerprint density at radius 3 is 2.63 bits per heavy atom. The lowest BCUT2D eigenvalue weighted by Gasteiger charge is -2.44. The summed E-state index contributed by atoms with van der Waals surface area (Å²) in [6.45, 7) is 5.13. The van der Waals surface area contributed by atoms with Crippen molar-refractivity contribution >= 4 is 46.3 Å². The van der Waals surface area contributed by atoms with E-state index >= 15 is 0 Å². The van der Waals surface area contributed by atoms with Crippen LogP contribution in [0.3, 0.4) is 0 Å². The van der Waals surface area contributed by atoms with Crippen LogP contribution in [-0.2, 0) is 4.79 Å². The number of carbonyl (C=O) groups is 1. The zero-order valence-corrected chi connectivity index (χ0v) is 24.1. The number of likely N-dealkylation sites (N-methyl/N-ethyl adjacent to an activating group) is 1. The van der Waals surface area contributed by atoms with E-state index < -0.39 is 11.6 Å². The molecule has 3 aromatic rings. The number of rotatable bonds is 8. The number of anilines is 4. The number of β-amino-alcohol motifs (C(OH)–C–C–N with tert-alkyl or cyclic N) is 1. The van der Waals surface area contributed by atoms with Gasteiger partial charge < -0.3 is 25.5 Å². The summed E-state index contributed by atoms with van der Waals surface area (Å²) >= 11 is 6.94. The third-order valence-corrected chi connectivity index (χ3v) is 7.37. The van der Waals surface area contributed by atoms with Gasteiger partial charge in [0, 0.05) is 46.3 Å². The SMILES string of the molecule is CN(C)C(=O)C1CN(c2cc(C#N)cc(Nc3nc(NC4CC4)c4ncc(C#N)n4n3)c2Cl)CCN1CC(C)(C)O. The average Bonchev–Trinajstić information content (AvgIpc) is 3.64. The quantitative estimate of drug-likeness (QED) is 0.360. The highest BCUT2D eigenvalue weighted by atomic mass is 35.5. The molecule has 5 rings (SSSR count).